The molecule has 1 aromatic carbocycles. The summed E-state index contributed by atoms with van der Waals surface area (Å²) in [6.45, 7) is 1.28. The first kappa shape index (κ1) is 17.5. The van der Waals surface area contributed by atoms with Crippen LogP contribution in [0.2, 0.25) is 5.02 Å². The second kappa shape index (κ2) is 8.18. The molecule has 25 heavy (non-hydrogen) atoms. The van der Waals surface area contributed by atoms with E-state index in [0.717, 1.165) is 19.4 Å². The van der Waals surface area contributed by atoms with Crippen LogP contribution in [0.3, 0.4) is 0 Å². The Morgan fingerprint density at radius 3 is 3.04 bits per heavy atom. The number of pyridine rings is 1. The minimum atomic E-state index is -0.176. The Kier molecular flexibility index (Phi) is 5.73. The molecule has 0 aliphatic carbocycles. The summed E-state index contributed by atoms with van der Waals surface area (Å²) >= 11 is 6.04. The van der Waals surface area contributed by atoms with Crippen LogP contribution in [0.5, 0.6) is 5.75 Å². The Balaban J connectivity index is 1.68. The van der Waals surface area contributed by atoms with Crippen molar-refractivity contribution in [3.8, 4) is 5.75 Å². The Hall–Kier alpha value is -2.31. The van der Waals surface area contributed by atoms with Crippen molar-refractivity contribution in [3.63, 3.8) is 0 Å². The lowest BCUT2D eigenvalue weighted by Gasteiger charge is -2.13. The number of carbonyl (C=O) groups is 1. The molecule has 2 N–H and O–H groups in total. The molecule has 1 aliphatic heterocycles. The number of carbonyl (C=O) groups excluding carboxylic acids is 1. The Morgan fingerprint density at radius 2 is 2.28 bits per heavy atom. The molecular formula is C18H20ClN3O3. The fourth-order valence-electron chi connectivity index (χ4n) is 2.68. The first-order valence-corrected chi connectivity index (χ1v) is 8.49. The van der Waals surface area contributed by atoms with Crippen molar-refractivity contribution in [2.24, 2.45) is 0 Å². The maximum Gasteiger partial charge on any atom is 0.253 e. The average molecular weight is 362 g/mol. The largest absolute Gasteiger partial charge is 0.495 e. The highest BCUT2D eigenvalue weighted by atomic mass is 35.5. The lowest BCUT2D eigenvalue weighted by atomic mass is 10.2. The number of hydrogen-bond donors (Lipinski definition) is 2. The molecule has 1 aliphatic rings. The molecule has 1 fully saturated rings. The first-order chi connectivity index (χ1) is 12.2. The number of ether oxygens (including phenoxy) is 2. The number of hydrogen-bond acceptors (Lipinski definition) is 5. The van der Waals surface area contributed by atoms with Crippen molar-refractivity contribution in [3.05, 3.63) is 47.2 Å². The van der Waals surface area contributed by atoms with Crippen LogP contribution in [0.25, 0.3) is 0 Å². The van der Waals surface area contributed by atoms with E-state index in [-0.39, 0.29) is 12.0 Å². The van der Waals surface area contributed by atoms with Gasteiger partial charge >= 0.3 is 0 Å². The molecule has 3 rings (SSSR count). The summed E-state index contributed by atoms with van der Waals surface area (Å²) in [5.41, 5.74) is 1.85. The third-order valence-corrected chi connectivity index (χ3v) is 4.19. The minimum Gasteiger partial charge on any atom is -0.495 e. The Morgan fingerprint density at radius 1 is 1.40 bits per heavy atom. The zero-order valence-corrected chi connectivity index (χ0v) is 14.7. The summed E-state index contributed by atoms with van der Waals surface area (Å²) in [5.74, 6) is 0.474. The van der Waals surface area contributed by atoms with Crippen LogP contribution in [0.15, 0.2) is 36.7 Å². The zero-order valence-electron chi connectivity index (χ0n) is 13.9. The lowest BCUT2D eigenvalue weighted by molar-refractivity contribution is 0.0857. The molecule has 0 saturated carbocycles. The topological polar surface area (TPSA) is 72.5 Å². The number of nitrogens with zero attached hydrogens (tertiary/aromatic N) is 1. The summed E-state index contributed by atoms with van der Waals surface area (Å²) < 4.78 is 10.8. The van der Waals surface area contributed by atoms with Gasteiger partial charge in [0, 0.05) is 24.4 Å². The predicted molar refractivity (Wildman–Crippen MR) is 96.8 cm³/mol. The van der Waals surface area contributed by atoms with Crippen LogP contribution in [0, 0.1) is 0 Å². The quantitative estimate of drug-likeness (QED) is 0.825. The number of nitrogens with one attached hydrogen (secondary N) is 2. The second-order valence-electron chi connectivity index (χ2n) is 5.78. The van der Waals surface area contributed by atoms with Gasteiger partial charge in [0.05, 0.1) is 36.3 Å². The molecule has 132 valence electrons. The van der Waals surface area contributed by atoms with Crippen molar-refractivity contribution >= 4 is 28.9 Å². The summed E-state index contributed by atoms with van der Waals surface area (Å²) in [4.78, 5) is 16.4. The molecule has 2 heterocycles. The zero-order chi connectivity index (χ0) is 17.6. The van der Waals surface area contributed by atoms with Gasteiger partial charge in [-0.25, -0.2) is 0 Å². The maximum atomic E-state index is 12.3. The van der Waals surface area contributed by atoms with Crippen LogP contribution in [0.1, 0.15) is 23.2 Å². The number of aromatic nitrogens is 1. The van der Waals surface area contributed by atoms with Gasteiger partial charge in [-0.2, -0.15) is 0 Å². The van der Waals surface area contributed by atoms with Crippen LogP contribution < -0.4 is 15.4 Å². The van der Waals surface area contributed by atoms with E-state index in [4.69, 9.17) is 21.1 Å². The van der Waals surface area contributed by atoms with E-state index in [9.17, 15) is 4.79 Å². The molecule has 0 bridgehead atoms. The summed E-state index contributed by atoms with van der Waals surface area (Å²) in [6, 6.07) is 7.01. The highest BCUT2D eigenvalue weighted by molar-refractivity contribution is 6.31. The van der Waals surface area contributed by atoms with E-state index in [1.807, 2.05) is 0 Å². The minimum absolute atomic E-state index is 0.105. The molecule has 1 unspecified atom stereocenters. The predicted octanol–water partition coefficient (Wildman–Crippen LogP) is 3.40. The van der Waals surface area contributed by atoms with E-state index in [0.29, 0.717) is 34.3 Å². The van der Waals surface area contributed by atoms with Gasteiger partial charge in [-0.3, -0.25) is 9.78 Å². The van der Waals surface area contributed by atoms with Crippen LogP contribution in [-0.2, 0) is 4.74 Å². The average Bonchev–Trinajstić information content (AvgIpc) is 3.14. The number of halogens is 1. The molecule has 1 aromatic heterocycles. The smallest absolute Gasteiger partial charge is 0.253 e. The monoisotopic (exact) mass is 361 g/mol. The van der Waals surface area contributed by atoms with Gasteiger partial charge < -0.3 is 20.1 Å². The van der Waals surface area contributed by atoms with Gasteiger partial charge in [-0.1, -0.05) is 11.6 Å². The fraction of sp³-hybridized carbons (Fsp3) is 0.333. The van der Waals surface area contributed by atoms with Gasteiger partial charge in [0.1, 0.15) is 5.75 Å². The van der Waals surface area contributed by atoms with Gasteiger partial charge in [0.2, 0.25) is 0 Å². The molecule has 0 radical (unpaired) electrons. The van der Waals surface area contributed by atoms with Crippen molar-refractivity contribution in [2.75, 3.05) is 25.6 Å². The van der Waals surface area contributed by atoms with Crippen LogP contribution in [-0.4, -0.2) is 37.3 Å². The standard InChI is InChI=1S/C18H20ClN3O3/c1-24-17-5-4-13(19)8-16(17)22-14-7-12(9-20-10-14)18(23)21-11-15-3-2-6-25-15/h4-5,7-10,15,22H,2-3,6,11H2,1H3,(H,21,23). The van der Waals surface area contributed by atoms with E-state index in [1.165, 1.54) is 6.20 Å². The van der Waals surface area contributed by atoms with E-state index in [1.54, 1.807) is 37.6 Å². The second-order valence-corrected chi connectivity index (χ2v) is 6.21. The molecule has 0 spiro atoms. The molecule has 7 heteroatoms. The van der Waals surface area contributed by atoms with Crippen LogP contribution >= 0.6 is 11.6 Å². The van der Waals surface area contributed by atoms with Crippen molar-refractivity contribution < 1.29 is 14.3 Å². The molecule has 1 atom stereocenters. The molecular weight excluding hydrogens is 342 g/mol. The van der Waals surface area contributed by atoms with Gasteiger partial charge in [-0.05, 0) is 37.1 Å². The number of anilines is 2. The Labute approximate surface area is 151 Å². The number of methoxy groups -OCH3 is 1. The normalized spacial score (nSPS) is 16.5. The first-order valence-electron chi connectivity index (χ1n) is 8.11. The number of rotatable bonds is 6. The van der Waals surface area contributed by atoms with Crippen LogP contribution in [0.4, 0.5) is 11.4 Å². The van der Waals surface area contributed by atoms with E-state index >= 15 is 0 Å². The fourth-order valence-corrected chi connectivity index (χ4v) is 2.85. The van der Waals surface area contributed by atoms with E-state index in [2.05, 4.69) is 15.6 Å². The number of amides is 1. The van der Waals surface area contributed by atoms with Crippen molar-refractivity contribution in [1.29, 1.82) is 0 Å². The van der Waals surface area contributed by atoms with Crippen molar-refractivity contribution in [1.82, 2.24) is 10.3 Å². The molecule has 1 saturated heterocycles. The summed E-state index contributed by atoms with van der Waals surface area (Å²) in [7, 11) is 1.58. The highest BCUT2D eigenvalue weighted by Crippen LogP contribution is 2.30. The molecule has 1 amide bonds. The molecule has 2 aromatic rings. The summed E-state index contributed by atoms with van der Waals surface area (Å²) in [5, 5.41) is 6.65. The lowest BCUT2D eigenvalue weighted by Crippen LogP contribution is -2.31. The third-order valence-electron chi connectivity index (χ3n) is 3.96. The third kappa shape index (κ3) is 4.61. The molecule has 6 nitrogen and oxygen atoms in total. The number of benzene rings is 1. The van der Waals surface area contributed by atoms with E-state index < -0.39 is 0 Å². The highest BCUT2D eigenvalue weighted by Gasteiger charge is 2.17. The summed E-state index contributed by atoms with van der Waals surface area (Å²) in [6.07, 6.45) is 5.30. The van der Waals surface area contributed by atoms with Gasteiger partial charge in [0.15, 0.2) is 0 Å². The van der Waals surface area contributed by atoms with Gasteiger partial charge in [-0.15, -0.1) is 0 Å². The Bertz CT molecular complexity index is 748. The SMILES string of the molecule is COc1ccc(Cl)cc1Nc1cncc(C(=O)NCC2CCCO2)c1. The van der Waals surface area contributed by atoms with Crippen molar-refractivity contribution in [2.45, 2.75) is 18.9 Å². The van der Waals surface area contributed by atoms with Gasteiger partial charge in [0.25, 0.3) is 5.91 Å². The maximum absolute atomic E-state index is 12.3.